The first-order valence-electron chi connectivity index (χ1n) is 29.5. The van der Waals surface area contributed by atoms with Gasteiger partial charge in [0.25, 0.3) is 10.1 Å². The van der Waals surface area contributed by atoms with Gasteiger partial charge in [0.1, 0.15) is 37.8 Å². The van der Waals surface area contributed by atoms with E-state index in [4.69, 9.17) is 66.3 Å². The van der Waals surface area contributed by atoms with Crippen LogP contribution in [0.3, 0.4) is 0 Å². The summed E-state index contributed by atoms with van der Waals surface area (Å²) in [6.45, 7) is 17.2. The van der Waals surface area contributed by atoms with Crippen LogP contribution >= 0.6 is 7.60 Å². The molecule has 3 aromatic carbocycles. The smallest absolute Gasteiger partial charge is 0.329 e. The first-order valence-corrected chi connectivity index (χ1v) is 34.2. The fourth-order valence-electron chi connectivity index (χ4n) is 8.61. The molecule has 0 aromatic heterocycles. The third-order valence-corrected chi connectivity index (χ3v) is 16.1. The van der Waals surface area contributed by atoms with Crippen LogP contribution in [0.4, 0.5) is 5.69 Å². The van der Waals surface area contributed by atoms with Crippen molar-refractivity contribution in [2.75, 3.05) is 204 Å². The predicted molar refractivity (Wildman–Crippen MR) is 332 cm³/mol. The number of hydrogen-bond donors (Lipinski definition) is 4. The van der Waals surface area contributed by atoms with Crippen LogP contribution < -0.4 is 23.8 Å². The van der Waals surface area contributed by atoms with Gasteiger partial charge in [-0.15, -0.1) is 0 Å². The van der Waals surface area contributed by atoms with Gasteiger partial charge in [-0.1, -0.05) is 18.2 Å². The number of nitrogens with one attached hydrogen (secondary N) is 1. The molecule has 0 amide bonds. The molecule has 0 heterocycles. The Hall–Kier alpha value is -4.72. The molecule has 0 bridgehead atoms. The van der Waals surface area contributed by atoms with Gasteiger partial charge in [-0.3, -0.25) is 9.12 Å². The summed E-state index contributed by atoms with van der Waals surface area (Å²) >= 11 is 0. The van der Waals surface area contributed by atoms with Crippen LogP contribution in [0.15, 0.2) is 94.3 Å². The fraction of sp³-hybridized carbons (Fsp3) is 0.583. The zero-order valence-corrected chi connectivity index (χ0v) is 54.3. The summed E-state index contributed by atoms with van der Waals surface area (Å²) in [4.78, 5) is 21.0. The zero-order valence-electron chi connectivity index (χ0n) is 51.8. The molecule has 0 saturated heterocycles. The highest BCUT2D eigenvalue weighted by atomic mass is 32.2. The molecule has 3 aromatic rings. The summed E-state index contributed by atoms with van der Waals surface area (Å²) in [6.07, 6.45) is 7.09. The summed E-state index contributed by atoms with van der Waals surface area (Å²) in [5.41, 5.74) is 4.15. The molecule has 0 atom stereocenters. The van der Waals surface area contributed by atoms with E-state index in [2.05, 4.69) is 41.9 Å². The molecule has 0 aliphatic heterocycles. The van der Waals surface area contributed by atoms with E-state index in [1.807, 2.05) is 48.6 Å². The van der Waals surface area contributed by atoms with Crippen molar-refractivity contribution < 1.29 is 107 Å². The largest absolute Gasteiger partial charge is 0.487 e. The van der Waals surface area contributed by atoms with Crippen molar-refractivity contribution in [2.24, 2.45) is 0 Å². The van der Waals surface area contributed by atoms with Crippen molar-refractivity contribution >= 4 is 44.7 Å². The second kappa shape index (κ2) is 43.1. The Labute approximate surface area is 519 Å². The molecule has 0 saturated carbocycles. The van der Waals surface area contributed by atoms with Gasteiger partial charge in [-0.05, 0) is 98.5 Å². The number of hydrogen-bond acceptors (Lipinski definition) is 20. The number of sulfonamides is 1. The van der Waals surface area contributed by atoms with E-state index < -0.39 is 38.8 Å². The standard InChI is InChI=1S/C60H92N3O22PS2/c1-7-62(8-2)52-15-11-50(12-16-52)59(51-13-17-53(18-14-51)63(9-3)10-4)55-20-19-54(47-58(55)88(69,70)71)87(67,68)61-21-22-74-27-28-77-35-38-82-41-44-85-60-56(83-42-39-80-36-33-78-31-29-75-25-23-72-5)45-49(48-86(64,65)66)46-57(60)84-43-40-81-37-34-79-32-30-76-26-24-73-6/h11-20,45-47,61H,7-10,21-44,48H2,1-6H3,(H2-,64,65,66,69,70,71)/p+1. The van der Waals surface area contributed by atoms with E-state index in [0.717, 1.165) is 43.6 Å². The van der Waals surface area contributed by atoms with Gasteiger partial charge in [0.05, 0.1) is 143 Å². The molecule has 4 rings (SSSR count). The zero-order chi connectivity index (χ0) is 63.9. The fourth-order valence-corrected chi connectivity index (χ4v) is 11.1. The van der Waals surface area contributed by atoms with Gasteiger partial charge < -0.3 is 81.0 Å². The molecule has 0 fully saturated rings. The maximum Gasteiger partial charge on any atom is 0.329 e. The van der Waals surface area contributed by atoms with E-state index in [-0.39, 0.29) is 126 Å². The van der Waals surface area contributed by atoms with Crippen molar-refractivity contribution in [1.29, 1.82) is 0 Å². The molecule has 25 nitrogen and oxygen atoms in total. The third-order valence-electron chi connectivity index (χ3n) is 12.9. The number of ether oxygens (including phenoxy) is 14. The highest BCUT2D eigenvalue weighted by molar-refractivity contribution is 7.89. The Morgan fingerprint density at radius 1 is 0.534 bits per heavy atom. The average molecular weight is 1300 g/mol. The van der Waals surface area contributed by atoms with Gasteiger partial charge in [-0.25, -0.2) is 17.7 Å². The topological polar surface area (TPSA) is 294 Å². The number of methoxy groups -OCH3 is 2. The predicted octanol–water partition coefficient (Wildman–Crippen LogP) is 5.44. The van der Waals surface area contributed by atoms with E-state index in [1.54, 1.807) is 14.2 Å². The van der Waals surface area contributed by atoms with Crippen molar-refractivity contribution in [3.63, 3.8) is 0 Å². The Balaban J connectivity index is 1.29. The van der Waals surface area contributed by atoms with E-state index >= 15 is 0 Å². The first-order chi connectivity index (χ1) is 42.5. The summed E-state index contributed by atoms with van der Waals surface area (Å²) < 4.78 is 159. The van der Waals surface area contributed by atoms with Crippen LogP contribution in [0.2, 0.25) is 0 Å². The molecule has 496 valence electrons. The van der Waals surface area contributed by atoms with Gasteiger partial charge in [0, 0.05) is 57.3 Å². The Morgan fingerprint density at radius 3 is 1.36 bits per heavy atom. The van der Waals surface area contributed by atoms with Crippen molar-refractivity contribution in [3.05, 3.63) is 101 Å². The molecule has 0 unspecified atom stereocenters. The van der Waals surface area contributed by atoms with Gasteiger partial charge in [0.15, 0.2) is 17.2 Å². The minimum atomic E-state index is -4.96. The molecular weight excluding hydrogens is 1210 g/mol. The monoisotopic (exact) mass is 1300 g/mol. The normalized spacial score (nSPS) is 12.7. The summed E-state index contributed by atoms with van der Waals surface area (Å²) in [7, 11) is -10.5. The Morgan fingerprint density at radius 2 is 0.955 bits per heavy atom. The van der Waals surface area contributed by atoms with Gasteiger partial charge in [0.2, 0.25) is 15.8 Å². The van der Waals surface area contributed by atoms with Crippen LogP contribution in [0, 0.1) is 0 Å². The second-order valence-corrected chi connectivity index (χ2v) is 23.9. The molecule has 0 spiro atoms. The summed E-state index contributed by atoms with van der Waals surface area (Å²) in [5.74, 6) is 0.502. The average Bonchev–Trinajstić information content (AvgIpc) is 1.59. The lowest BCUT2D eigenvalue weighted by Crippen LogP contribution is -2.28. The minimum Gasteiger partial charge on any atom is -0.487 e. The van der Waals surface area contributed by atoms with Crippen molar-refractivity contribution in [2.45, 2.75) is 43.6 Å². The highest BCUT2D eigenvalue weighted by Gasteiger charge is 2.27. The van der Waals surface area contributed by atoms with Gasteiger partial charge in [-0.2, -0.15) is 8.42 Å². The van der Waals surface area contributed by atoms with E-state index in [9.17, 15) is 35.7 Å². The SMILES string of the molecule is CCN(CC)c1ccc(C(=C2C=CC(=[N+](CC)CC)C=C2)c2ccc(S(=O)(=O)NCCOCCOCCOCCOc3c(OCCOCCOCCOCCOC)cc(CP(=O)(O)O)cc3OCCOCCOCCOCCOC)cc2S(=O)(=O)O)cc1. The quantitative estimate of drug-likeness (QED) is 0.0237. The number of anilines is 1. The van der Waals surface area contributed by atoms with Crippen LogP contribution in [-0.4, -0.2) is 240 Å². The Bertz CT molecular complexity index is 2810. The lowest BCUT2D eigenvalue weighted by Gasteiger charge is -2.22. The summed E-state index contributed by atoms with van der Waals surface area (Å²) in [6, 6.07) is 14.3. The minimum absolute atomic E-state index is 0.0218. The number of benzene rings is 3. The molecule has 1 aliphatic rings. The Kier molecular flexibility index (Phi) is 37.1. The molecule has 0 radical (unpaired) electrons. The number of nitrogens with zero attached hydrogens (tertiary/aromatic N) is 2. The van der Waals surface area contributed by atoms with E-state index in [0.29, 0.717) is 82.8 Å². The first kappa shape index (κ1) is 75.7. The number of rotatable bonds is 51. The lowest BCUT2D eigenvalue weighted by atomic mass is 9.90. The maximum absolute atomic E-state index is 13.6. The molecule has 28 heteroatoms. The van der Waals surface area contributed by atoms with Crippen LogP contribution in [0.5, 0.6) is 17.2 Å². The van der Waals surface area contributed by atoms with E-state index in [1.165, 1.54) is 24.3 Å². The molecule has 88 heavy (non-hydrogen) atoms. The van der Waals surface area contributed by atoms with Crippen LogP contribution in [0.25, 0.3) is 5.57 Å². The van der Waals surface area contributed by atoms with Crippen molar-refractivity contribution in [3.8, 4) is 17.2 Å². The second-order valence-electron chi connectivity index (χ2n) is 19.1. The highest BCUT2D eigenvalue weighted by Crippen LogP contribution is 2.45. The molecule has 4 N–H and O–H groups in total. The van der Waals surface area contributed by atoms with Crippen LogP contribution in [0.1, 0.15) is 44.4 Å². The van der Waals surface area contributed by atoms with Crippen molar-refractivity contribution in [1.82, 2.24) is 4.72 Å². The van der Waals surface area contributed by atoms with Crippen LogP contribution in [-0.2, 0) is 83.0 Å². The third kappa shape index (κ3) is 29.1. The number of allylic oxidation sites excluding steroid dienone is 5. The van der Waals surface area contributed by atoms with Gasteiger partial charge >= 0.3 is 7.60 Å². The summed E-state index contributed by atoms with van der Waals surface area (Å²) in [5, 5.41) is 0. The molecular formula is C60H93N3O22PS2+. The lowest BCUT2D eigenvalue weighted by molar-refractivity contribution is -0.519. The molecule has 1 aliphatic carbocycles. The maximum atomic E-state index is 13.6.